The number of ether oxygens (including phenoxy) is 1. The zero-order chi connectivity index (χ0) is 22.8. The lowest BCUT2D eigenvalue weighted by Crippen LogP contribution is -2.36. The number of aryl methyl sites for hydroxylation is 1. The minimum absolute atomic E-state index is 0.0119. The minimum atomic E-state index is 0.0119. The molecule has 2 aromatic carbocycles. The fraction of sp³-hybridized carbons (Fsp3) is 0.385. The summed E-state index contributed by atoms with van der Waals surface area (Å²) >= 11 is 7.47. The summed E-state index contributed by atoms with van der Waals surface area (Å²) in [5, 5.41) is 1.55. The first-order valence-electron chi connectivity index (χ1n) is 11.6. The van der Waals surface area contributed by atoms with E-state index in [2.05, 4.69) is 17.0 Å². The Kier molecular flexibility index (Phi) is 6.67. The molecular formula is C26H28ClN3O2S. The molecule has 0 aliphatic carbocycles. The summed E-state index contributed by atoms with van der Waals surface area (Å²) < 4.78 is 5.70. The summed E-state index contributed by atoms with van der Waals surface area (Å²) in [6.07, 6.45) is 5.49. The van der Waals surface area contributed by atoms with Gasteiger partial charge < -0.3 is 14.5 Å². The largest absolute Gasteiger partial charge is 0.496 e. The Morgan fingerprint density at radius 3 is 2.64 bits per heavy atom. The van der Waals surface area contributed by atoms with Gasteiger partial charge in [-0.05, 0) is 69.1 Å². The highest BCUT2D eigenvalue weighted by molar-refractivity contribution is 7.17. The fourth-order valence-electron chi connectivity index (χ4n) is 4.70. The van der Waals surface area contributed by atoms with Crippen molar-refractivity contribution >= 4 is 34.5 Å². The molecule has 0 spiro atoms. The number of methoxy groups -OCH3 is 1. The molecule has 1 saturated heterocycles. The molecule has 2 aliphatic rings. The molecule has 5 rings (SSSR count). The first-order valence-corrected chi connectivity index (χ1v) is 12.8. The van der Waals surface area contributed by atoms with Gasteiger partial charge in [-0.3, -0.25) is 4.79 Å². The number of hydrogen-bond acceptors (Lipinski definition) is 5. The molecule has 3 heterocycles. The molecule has 1 aromatic heterocycles. The summed E-state index contributed by atoms with van der Waals surface area (Å²) in [6.45, 7) is 4.21. The van der Waals surface area contributed by atoms with Crippen molar-refractivity contribution in [3.05, 3.63) is 63.6 Å². The standard InChI is InChI=1S/C26H28ClN3O2S/c1-32-23-17-21(11-8-18(23)5-4-15-29-13-2-3-14-29)30-16-12-22-24(26(30)31)33-25(28-22)19-6-9-20(27)10-7-19/h6-11,17H,2-5,12-16H2,1H3. The lowest BCUT2D eigenvalue weighted by molar-refractivity contribution is 0.0984. The van der Waals surface area contributed by atoms with Crippen LogP contribution in [0, 0.1) is 0 Å². The van der Waals surface area contributed by atoms with Gasteiger partial charge >= 0.3 is 0 Å². The summed E-state index contributed by atoms with van der Waals surface area (Å²) in [6, 6.07) is 13.8. The fourth-order valence-corrected chi connectivity index (χ4v) is 5.89. The van der Waals surface area contributed by atoms with Crippen LogP contribution in [0.3, 0.4) is 0 Å². The van der Waals surface area contributed by atoms with Crippen LogP contribution in [0.2, 0.25) is 5.02 Å². The lowest BCUT2D eigenvalue weighted by atomic mass is 10.1. The van der Waals surface area contributed by atoms with Crippen molar-refractivity contribution in [2.45, 2.75) is 32.1 Å². The summed E-state index contributed by atoms with van der Waals surface area (Å²) in [5.41, 5.74) is 3.95. The number of likely N-dealkylation sites (tertiary alicyclic amines) is 1. The number of amides is 1. The number of rotatable bonds is 7. The second kappa shape index (κ2) is 9.84. The van der Waals surface area contributed by atoms with E-state index in [-0.39, 0.29) is 5.91 Å². The number of nitrogens with zero attached hydrogens (tertiary/aromatic N) is 3. The maximum Gasteiger partial charge on any atom is 0.270 e. The number of anilines is 1. The molecule has 0 N–H and O–H groups in total. The smallest absolute Gasteiger partial charge is 0.270 e. The second-order valence-corrected chi connectivity index (χ2v) is 10.1. The van der Waals surface area contributed by atoms with Crippen LogP contribution >= 0.6 is 22.9 Å². The first-order chi connectivity index (χ1) is 16.1. The van der Waals surface area contributed by atoms with E-state index in [1.54, 1.807) is 7.11 Å². The van der Waals surface area contributed by atoms with E-state index in [1.165, 1.54) is 42.8 Å². The number of fused-ring (bicyclic) bond motifs is 1. The monoisotopic (exact) mass is 481 g/mol. The van der Waals surface area contributed by atoms with E-state index in [0.717, 1.165) is 58.4 Å². The van der Waals surface area contributed by atoms with Crippen LogP contribution in [0.25, 0.3) is 10.6 Å². The van der Waals surface area contributed by atoms with Crippen molar-refractivity contribution in [2.75, 3.05) is 38.2 Å². The normalized spacial score (nSPS) is 16.3. The first kappa shape index (κ1) is 22.4. The van der Waals surface area contributed by atoms with E-state index in [1.807, 2.05) is 35.2 Å². The van der Waals surface area contributed by atoms with Crippen LogP contribution in [0.4, 0.5) is 5.69 Å². The van der Waals surface area contributed by atoms with Gasteiger partial charge in [-0.2, -0.15) is 0 Å². The number of benzene rings is 2. The lowest BCUT2D eigenvalue weighted by Gasteiger charge is -2.27. The molecule has 1 fully saturated rings. The highest BCUT2D eigenvalue weighted by Crippen LogP contribution is 2.35. The van der Waals surface area contributed by atoms with Crippen LogP contribution in [0.5, 0.6) is 5.75 Å². The van der Waals surface area contributed by atoms with Crippen molar-refractivity contribution in [1.29, 1.82) is 0 Å². The van der Waals surface area contributed by atoms with Crippen LogP contribution in [0.1, 0.15) is 40.2 Å². The molecule has 172 valence electrons. The molecule has 2 aliphatic heterocycles. The SMILES string of the molecule is COc1cc(N2CCc3nc(-c4ccc(Cl)cc4)sc3C2=O)ccc1CCCN1CCCC1. The Balaban J connectivity index is 1.31. The summed E-state index contributed by atoms with van der Waals surface area (Å²) in [4.78, 5) is 23.2. The number of hydrogen-bond donors (Lipinski definition) is 0. The van der Waals surface area contributed by atoms with Crippen LogP contribution in [0.15, 0.2) is 42.5 Å². The topological polar surface area (TPSA) is 45.7 Å². The van der Waals surface area contributed by atoms with Gasteiger partial charge in [0.2, 0.25) is 0 Å². The Morgan fingerprint density at radius 2 is 1.88 bits per heavy atom. The average molecular weight is 482 g/mol. The molecule has 33 heavy (non-hydrogen) atoms. The summed E-state index contributed by atoms with van der Waals surface area (Å²) in [5.74, 6) is 0.872. The Hall–Kier alpha value is -2.41. The van der Waals surface area contributed by atoms with Gasteiger partial charge in [0.05, 0.1) is 12.8 Å². The molecule has 0 unspecified atom stereocenters. The molecule has 5 nitrogen and oxygen atoms in total. The third-order valence-corrected chi connectivity index (χ3v) is 7.89. The van der Waals surface area contributed by atoms with Gasteiger partial charge in [0.25, 0.3) is 5.91 Å². The molecule has 0 saturated carbocycles. The molecule has 1 amide bonds. The van der Waals surface area contributed by atoms with Crippen LogP contribution < -0.4 is 9.64 Å². The molecule has 7 heteroatoms. The summed E-state index contributed by atoms with van der Waals surface area (Å²) in [7, 11) is 1.71. The molecule has 3 aromatic rings. The highest BCUT2D eigenvalue weighted by atomic mass is 35.5. The van der Waals surface area contributed by atoms with Gasteiger partial charge in [-0.15, -0.1) is 11.3 Å². The quantitative estimate of drug-likeness (QED) is 0.434. The predicted octanol–water partition coefficient (Wildman–Crippen LogP) is 5.70. The average Bonchev–Trinajstić information content (AvgIpc) is 3.51. The molecule has 0 radical (unpaired) electrons. The molecular weight excluding hydrogens is 454 g/mol. The van der Waals surface area contributed by atoms with E-state index < -0.39 is 0 Å². The number of thiazole rings is 1. The van der Waals surface area contributed by atoms with Crippen molar-refractivity contribution in [3.63, 3.8) is 0 Å². The second-order valence-electron chi connectivity index (χ2n) is 8.66. The van der Waals surface area contributed by atoms with E-state index >= 15 is 0 Å². The number of aromatic nitrogens is 1. The molecule has 0 atom stereocenters. The Bertz CT molecular complexity index is 1140. The van der Waals surface area contributed by atoms with E-state index in [0.29, 0.717) is 11.6 Å². The van der Waals surface area contributed by atoms with E-state index in [9.17, 15) is 4.79 Å². The van der Waals surface area contributed by atoms with Crippen molar-refractivity contribution < 1.29 is 9.53 Å². The Labute approximate surface area is 204 Å². The van der Waals surface area contributed by atoms with Crippen LogP contribution in [-0.4, -0.2) is 49.1 Å². The van der Waals surface area contributed by atoms with Crippen LogP contribution in [-0.2, 0) is 12.8 Å². The maximum atomic E-state index is 13.3. The molecule has 0 bridgehead atoms. The van der Waals surface area contributed by atoms with Crippen molar-refractivity contribution in [3.8, 4) is 16.3 Å². The van der Waals surface area contributed by atoms with Gasteiger partial charge in [0, 0.05) is 35.3 Å². The zero-order valence-electron chi connectivity index (χ0n) is 18.8. The van der Waals surface area contributed by atoms with E-state index in [4.69, 9.17) is 21.3 Å². The Morgan fingerprint density at radius 1 is 1.09 bits per heavy atom. The number of carbonyl (C=O) groups excluding carboxylic acids is 1. The minimum Gasteiger partial charge on any atom is -0.496 e. The van der Waals surface area contributed by atoms with Gasteiger partial charge in [0.15, 0.2) is 0 Å². The number of carbonyl (C=O) groups is 1. The van der Waals surface area contributed by atoms with Crippen molar-refractivity contribution in [1.82, 2.24) is 9.88 Å². The zero-order valence-corrected chi connectivity index (χ0v) is 20.4. The number of halogens is 1. The highest BCUT2D eigenvalue weighted by Gasteiger charge is 2.30. The third kappa shape index (κ3) is 4.79. The van der Waals surface area contributed by atoms with Gasteiger partial charge in [0.1, 0.15) is 15.6 Å². The third-order valence-electron chi connectivity index (χ3n) is 6.50. The van der Waals surface area contributed by atoms with Gasteiger partial charge in [-0.1, -0.05) is 29.8 Å². The predicted molar refractivity (Wildman–Crippen MR) is 135 cm³/mol. The maximum absolute atomic E-state index is 13.3. The van der Waals surface area contributed by atoms with Gasteiger partial charge in [-0.25, -0.2) is 4.98 Å². The van der Waals surface area contributed by atoms with Crippen molar-refractivity contribution in [2.24, 2.45) is 0 Å².